The van der Waals surface area contributed by atoms with Gasteiger partial charge in [0.1, 0.15) is 11.5 Å². The summed E-state index contributed by atoms with van der Waals surface area (Å²) in [6.45, 7) is 0.412. The number of benzene rings is 2. The van der Waals surface area contributed by atoms with Crippen LogP contribution in [-0.2, 0) is 6.54 Å². The summed E-state index contributed by atoms with van der Waals surface area (Å²) in [5.41, 5.74) is 1.33. The number of aromatic amines is 1. The van der Waals surface area contributed by atoms with Gasteiger partial charge in [0.2, 0.25) is 0 Å². The number of rotatable bonds is 8. The maximum absolute atomic E-state index is 13.0. The summed E-state index contributed by atoms with van der Waals surface area (Å²) in [5.74, 6) is 1.00. The van der Waals surface area contributed by atoms with Gasteiger partial charge in [-0.25, -0.2) is 0 Å². The lowest BCUT2D eigenvalue weighted by atomic mass is 10.1. The van der Waals surface area contributed by atoms with Crippen molar-refractivity contribution in [1.82, 2.24) is 9.88 Å². The van der Waals surface area contributed by atoms with Crippen molar-refractivity contribution in [2.45, 2.75) is 13.0 Å². The van der Waals surface area contributed by atoms with Gasteiger partial charge < -0.3 is 24.5 Å². The first kappa shape index (κ1) is 20.4. The fraction of sp³-hybridized carbons (Fsp3) is 0.273. The molecule has 0 saturated carbocycles. The number of H-pyrrole nitrogens is 1. The number of carbonyl (C=O) groups is 1. The molecule has 0 unspecified atom stereocenters. The maximum Gasteiger partial charge on any atom is 0.254 e. The van der Waals surface area contributed by atoms with Crippen LogP contribution < -0.4 is 15.0 Å². The van der Waals surface area contributed by atoms with E-state index in [-0.39, 0.29) is 24.6 Å². The Morgan fingerprint density at radius 3 is 2.55 bits per heavy atom. The Balaban J connectivity index is 1.92. The number of pyridine rings is 1. The molecule has 0 aliphatic carbocycles. The van der Waals surface area contributed by atoms with E-state index in [0.717, 1.165) is 5.39 Å². The van der Waals surface area contributed by atoms with E-state index in [1.165, 1.54) is 7.11 Å². The number of hydrogen-bond acceptors (Lipinski definition) is 5. The molecule has 1 amide bonds. The van der Waals surface area contributed by atoms with Gasteiger partial charge in [-0.15, -0.1) is 0 Å². The molecule has 1 heterocycles. The SMILES string of the molecule is COc1cccc(C(=O)N(CCCO)Cc2cc3ccc(OC)cc3[nH]c2=O)c1. The van der Waals surface area contributed by atoms with Gasteiger partial charge in [-0.2, -0.15) is 0 Å². The predicted octanol–water partition coefficient (Wildman–Crippen LogP) is 2.57. The molecule has 1 aromatic heterocycles. The number of aromatic nitrogens is 1. The van der Waals surface area contributed by atoms with Crippen molar-refractivity contribution < 1.29 is 19.4 Å². The number of nitrogens with zero attached hydrogens (tertiary/aromatic N) is 1. The highest BCUT2D eigenvalue weighted by molar-refractivity contribution is 5.94. The largest absolute Gasteiger partial charge is 0.497 e. The minimum atomic E-state index is -0.266. The number of fused-ring (bicyclic) bond motifs is 1. The third kappa shape index (κ3) is 4.75. The van der Waals surface area contributed by atoms with Gasteiger partial charge in [-0.3, -0.25) is 9.59 Å². The highest BCUT2D eigenvalue weighted by Gasteiger charge is 2.18. The van der Waals surface area contributed by atoms with Crippen LogP contribution in [0.4, 0.5) is 0 Å². The van der Waals surface area contributed by atoms with E-state index >= 15 is 0 Å². The molecule has 3 rings (SSSR count). The molecule has 0 fully saturated rings. The normalized spacial score (nSPS) is 10.7. The third-order valence-corrected chi connectivity index (χ3v) is 4.68. The van der Waals surface area contributed by atoms with Crippen molar-refractivity contribution in [2.75, 3.05) is 27.4 Å². The maximum atomic E-state index is 13.0. The van der Waals surface area contributed by atoms with E-state index in [2.05, 4.69) is 4.98 Å². The molecule has 3 aromatic rings. The molecule has 152 valence electrons. The van der Waals surface area contributed by atoms with Crippen LogP contribution in [0.1, 0.15) is 22.3 Å². The molecule has 0 aliphatic rings. The fourth-order valence-electron chi connectivity index (χ4n) is 3.13. The summed E-state index contributed by atoms with van der Waals surface area (Å²) in [7, 11) is 3.10. The van der Waals surface area contributed by atoms with Crippen molar-refractivity contribution in [3.63, 3.8) is 0 Å². The monoisotopic (exact) mass is 396 g/mol. The van der Waals surface area contributed by atoms with Gasteiger partial charge in [0, 0.05) is 30.3 Å². The van der Waals surface area contributed by atoms with Crippen molar-refractivity contribution in [2.24, 2.45) is 0 Å². The van der Waals surface area contributed by atoms with Gasteiger partial charge in [-0.05, 0) is 48.2 Å². The first-order valence-electron chi connectivity index (χ1n) is 9.30. The van der Waals surface area contributed by atoms with Crippen molar-refractivity contribution in [3.05, 3.63) is 70.0 Å². The molecular weight excluding hydrogens is 372 g/mol. The minimum absolute atomic E-state index is 0.0459. The van der Waals surface area contributed by atoms with E-state index in [1.807, 2.05) is 12.1 Å². The highest BCUT2D eigenvalue weighted by Crippen LogP contribution is 2.20. The van der Waals surface area contributed by atoms with E-state index in [0.29, 0.717) is 41.1 Å². The smallest absolute Gasteiger partial charge is 0.254 e. The molecule has 0 atom stereocenters. The Morgan fingerprint density at radius 1 is 1.07 bits per heavy atom. The van der Waals surface area contributed by atoms with Gasteiger partial charge in [0.25, 0.3) is 11.5 Å². The molecule has 0 saturated heterocycles. The molecule has 0 spiro atoms. The number of hydrogen-bond donors (Lipinski definition) is 2. The second-order valence-corrected chi connectivity index (χ2v) is 6.61. The van der Waals surface area contributed by atoms with E-state index in [9.17, 15) is 14.7 Å². The number of aliphatic hydroxyl groups is 1. The van der Waals surface area contributed by atoms with Crippen LogP contribution >= 0.6 is 0 Å². The molecular formula is C22H24N2O5. The number of carbonyl (C=O) groups excluding carboxylic acids is 1. The van der Waals surface area contributed by atoms with E-state index in [4.69, 9.17) is 9.47 Å². The molecule has 2 N–H and O–H groups in total. The number of aliphatic hydroxyl groups excluding tert-OH is 1. The van der Waals surface area contributed by atoms with Crippen LogP contribution in [0.3, 0.4) is 0 Å². The molecule has 0 bridgehead atoms. The van der Waals surface area contributed by atoms with E-state index < -0.39 is 0 Å². The lowest BCUT2D eigenvalue weighted by Crippen LogP contribution is -2.34. The topological polar surface area (TPSA) is 91.9 Å². The van der Waals surface area contributed by atoms with Crippen molar-refractivity contribution in [3.8, 4) is 11.5 Å². The van der Waals surface area contributed by atoms with Crippen LogP contribution in [0, 0.1) is 0 Å². The fourth-order valence-corrected chi connectivity index (χ4v) is 3.13. The number of ether oxygens (including phenoxy) is 2. The first-order chi connectivity index (χ1) is 14.0. The third-order valence-electron chi connectivity index (χ3n) is 4.68. The second kappa shape index (κ2) is 9.25. The zero-order valence-corrected chi connectivity index (χ0v) is 16.5. The Morgan fingerprint density at radius 2 is 1.83 bits per heavy atom. The number of amides is 1. The Labute approximate surface area is 168 Å². The number of methoxy groups -OCH3 is 2. The van der Waals surface area contributed by atoms with Crippen LogP contribution in [0.15, 0.2) is 53.3 Å². The van der Waals surface area contributed by atoms with Gasteiger partial charge in [0.05, 0.1) is 26.3 Å². The lowest BCUT2D eigenvalue weighted by Gasteiger charge is -2.22. The summed E-state index contributed by atoms with van der Waals surface area (Å²) >= 11 is 0. The van der Waals surface area contributed by atoms with Crippen molar-refractivity contribution in [1.29, 1.82) is 0 Å². The summed E-state index contributed by atoms with van der Waals surface area (Å²) in [6.07, 6.45) is 0.415. The molecule has 29 heavy (non-hydrogen) atoms. The van der Waals surface area contributed by atoms with Crippen molar-refractivity contribution >= 4 is 16.8 Å². The number of nitrogens with one attached hydrogen (secondary N) is 1. The van der Waals surface area contributed by atoms with Crippen LogP contribution in [-0.4, -0.2) is 48.3 Å². The van der Waals surface area contributed by atoms with Gasteiger partial charge >= 0.3 is 0 Å². The summed E-state index contributed by atoms with van der Waals surface area (Å²) in [6, 6.07) is 14.1. The molecule has 7 heteroatoms. The first-order valence-corrected chi connectivity index (χ1v) is 9.30. The van der Waals surface area contributed by atoms with Gasteiger partial charge in [-0.1, -0.05) is 6.07 Å². The van der Waals surface area contributed by atoms with E-state index in [1.54, 1.807) is 48.4 Å². The highest BCUT2D eigenvalue weighted by atomic mass is 16.5. The molecule has 0 aliphatic heterocycles. The van der Waals surface area contributed by atoms with Crippen LogP contribution in [0.2, 0.25) is 0 Å². The summed E-state index contributed by atoms with van der Waals surface area (Å²) in [5, 5.41) is 10.1. The summed E-state index contributed by atoms with van der Waals surface area (Å²) < 4.78 is 10.4. The standard InChI is InChI=1S/C22H24N2O5/c1-28-18-6-3-5-16(12-18)22(27)24(9-4-10-25)14-17-11-15-7-8-19(29-2)13-20(15)23-21(17)26/h3,5-8,11-13,25H,4,9-10,14H2,1-2H3,(H,23,26). The summed E-state index contributed by atoms with van der Waals surface area (Å²) in [4.78, 5) is 30.0. The zero-order valence-electron chi connectivity index (χ0n) is 16.5. The predicted molar refractivity (Wildman–Crippen MR) is 111 cm³/mol. The molecule has 7 nitrogen and oxygen atoms in total. The van der Waals surface area contributed by atoms with Gasteiger partial charge in [0.15, 0.2) is 0 Å². The Bertz CT molecular complexity index is 1060. The quantitative estimate of drug-likeness (QED) is 0.611. The molecule has 0 radical (unpaired) electrons. The average Bonchev–Trinajstić information content (AvgIpc) is 2.76. The average molecular weight is 396 g/mol. The zero-order chi connectivity index (χ0) is 20.8. The van der Waals surface area contributed by atoms with Crippen LogP contribution in [0.5, 0.6) is 11.5 Å². The Hall–Kier alpha value is -3.32. The minimum Gasteiger partial charge on any atom is -0.497 e. The molecule has 2 aromatic carbocycles. The lowest BCUT2D eigenvalue weighted by molar-refractivity contribution is 0.0731. The second-order valence-electron chi connectivity index (χ2n) is 6.61. The Kier molecular flexibility index (Phi) is 6.51. The van der Waals surface area contributed by atoms with Crippen LogP contribution in [0.25, 0.3) is 10.9 Å².